The molecule has 1 saturated heterocycles. The molecule has 0 aromatic rings. The molecule has 90 valence electrons. The molecule has 1 aliphatic rings. The van der Waals surface area contributed by atoms with Gasteiger partial charge in [-0.2, -0.15) is 13.2 Å². The average Bonchev–Trinajstić information content (AvgIpc) is 1.99. The van der Waals surface area contributed by atoms with E-state index in [4.69, 9.17) is 4.74 Å². The monoisotopic (exact) mass is 225 g/mol. The van der Waals surface area contributed by atoms with Crippen LogP contribution in [0.5, 0.6) is 0 Å². The first-order valence-electron chi connectivity index (χ1n) is 5.08. The molecule has 0 N–H and O–H groups in total. The number of rotatable bonds is 0. The lowest BCUT2D eigenvalue weighted by Crippen LogP contribution is -2.57. The van der Waals surface area contributed by atoms with E-state index in [1.165, 1.54) is 0 Å². The Hall–Kier alpha value is -0.290. The Bertz CT molecular complexity index is 200. The van der Waals surface area contributed by atoms with Gasteiger partial charge in [-0.25, -0.2) is 0 Å². The van der Waals surface area contributed by atoms with Crippen LogP contribution in [0, 0.1) is 0 Å². The van der Waals surface area contributed by atoms with Gasteiger partial charge in [0.1, 0.15) is 0 Å². The first-order chi connectivity index (χ1) is 6.60. The van der Waals surface area contributed by atoms with Crippen LogP contribution >= 0.6 is 0 Å². The molecule has 2 atom stereocenters. The first kappa shape index (κ1) is 12.8. The van der Waals surface area contributed by atoms with E-state index in [1.807, 2.05) is 25.7 Å². The summed E-state index contributed by atoms with van der Waals surface area (Å²) in [5.74, 6) is 0. The van der Waals surface area contributed by atoms with E-state index in [0.717, 1.165) is 0 Å². The van der Waals surface area contributed by atoms with Gasteiger partial charge in [0.05, 0.1) is 6.10 Å². The van der Waals surface area contributed by atoms with E-state index in [2.05, 4.69) is 0 Å². The van der Waals surface area contributed by atoms with Gasteiger partial charge in [0, 0.05) is 18.6 Å². The number of halogens is 3. The van der Waals surface area contributed by atoms with Crippen molar-refractivity contribution in [3.63, 3.8) is 0 Å². The highest BCUT2D eigenvalue weighted by Crippen LogP contribution is 2.30. The number of morpholine rings is 1. The van der Waals surface area contributed by atoms with Crippen molar-refractivity contribution in [3.8, 4) is 0 Å². The Kier molecular flexibility index (Phi) is 3.36. The summed E-state index contributed by atoms with van der Waals surface area (Å²) in [4.78, 5) is 1.82. The highest BCUT2D eigenvalue weighted by atomic mass is 19.4. The molecule has 15 heavy (non-hydrogen) atoms. The smallest absolute Gasteiger partial charge is 0.363 e. The minimum absolute atomic E-state index is 0.0721. The predicted octanol–water partition coefficient (Wildman–Crippen LogP) is 2.44. The molecule has 0 aromatic carbocycles. The summed E-state index contributed by atoms with van der Waals surface area (Å²) >= 11 is 0. The Balaban J connectivity index is 2.73. The van der Waals surface area contributed by atoms with Crippen molar-refractivity contribution in [1.82, 2.24) is 4.90 Å². The molecule has 0 amide bonds. The second-order valence-corrected chi connectivity index (χ2v) is 5.05. The van der Waals surface area contributed by atoms with E-state index >= 15 is 0 Å². The fourth-order valence-corrected chi connectivity index (χ4v) is 1.68. The van der Waals surface area contributed by atoms with Crippen molar-refractivity contribution in [2.45, 2.75) is 51.6 Å². The Morgan fingerprint density at radius 3 is 2.07 bits per heavy atom. The zero-order valence-electron chi connectivity index (χ0n) is 9.56. The molecule has 0 aromatic heterocycles. The zero-order chi connectivity index (χ0) is 11.9. The van der Waals surface area contributed by atoms with Gasteiger partial charge in [0.25, 0.3) is 0 Å². The molecule has 0 spiro atoms. The maximum atomic E-state index is 12.5. The van der Waals surface area contributed by atoms with E-state index in [-0.39, 0.29) is 18.2 Å². The van der Waals surface area contributed by atoms with Crippen molar-refractivity contribution >= 4 is 0 Å². The maximum absolute atomic E-state index is 12.5. The van der Waals surface area contributed by atoms with Crippen LogP contribution in [0.25, 0.3) is 0 Å². The summed E-state index contributed by atoms with van der Waals surface area (Å²) in [6, 6.07) is 0. The lowest BCUT2D eigenvalue weighted by atomic mass is 10.0. The molecule has 1 rings (SSSR count). The zero-order valence-corrected chi connectivity index (χ0v) is 9.56. The van der Waals surface area contributed by atoms with E-state index in [0.29, 0.717) is 6.54 Å². The fraction of sp³-hybridized carbons (Fsp3) is 1.00. The van der Waals surface area contributed by atoms with E-state index < -0.39 is 12.3 Å². The van der Waals surface area contributed by atoms with E-state index in [9.17, 15) is 13.2 Å². The third kappa shape index (κ3) is 3.34. The summed E-state index contributed by atoms with van der Waals surface area (Å²) in [7, 11) is 0. The molecule has 0 bridgehead atoms. The van der Waals surface area contributed by atoms with Crippen LogP contribution in [0.15, 0.2) is 0 Å². The molecule has 1 heterocycles. The molecule has 5 heteroatoms. The summed E-state index contributed by atoms with van der Waals surface area (Å²) in [6.07, 6.45) is -6.29. The molecule has 0 unspecified atom stereocenters. The van der Waals surface area contributed by atoms with Gasteiger partial charge in [-0.1, -0.05) is 0 Å². The van der Waals surface area contributed by atoms with Gasteiger partial charge in [0.15, 0.2) is 6.10 Å². The lowest BCUT2D eigenvalue weighted by Gasteiger charge is -2.44. The third-order valence-corrected chi connectivity index (χ3v) is 2.57. The second kappa shape index (κ2) is 3.94. The quantitative estimate of drug-likeness (QED) is 0.628. The van der Waals surface area contributed by atoms with Crippen molar-refractivity contribution < 1.29 is 17.9 Å². The molecule has 1 aliphatic heterocycles. The van der Waals surface area contributed by atoms with Crippen LogP contribution in [0.3, 0.4) is 0 Å². The van der Waals surface area contributed by atoms with Gasteiger partial charge in [0.2, 0.25) is 0 Å². The summed E-state index contributed by atoms with van der Waals surface area (Å²) in [6.45, 7) is 7.90. The van der Waals surface area contributed by atoms with Crippen molar-refractivity contribution in [2.75, 3.05) is 13.1 Å². The molecule has 0 aliphatic carbocycles. The maximum Gasteiger partial charge on any atom is 0.415 e. The topological polar surface area (TPSA) is 12.5 Å². The van der Waals surface area contributed by atoms with Gasteiger partial charge in [-0.15, -0.1) is 0 Å². The molecule has 0 radical (unpaired) electrons. The predicted molar refractivity (Wildman–Crippen MR) is 51.7 cm³/mol. The highest BCUT2D eigenvalue weighted by Gasteiger charge is 2.46. The minimum atomic E-state index is -4.27. The SMILES string of the molecule is C[C@@H]1CN(C(C)(C)C)C[C@@H](C(F)(F)F)O1. The molecule has 1 fully saturated rings. The van der Waals surface area contributed by atoms with E-state index in [1.54, 1.807) is 6.92 Å². The Labute approximate surface area is 88.4 Å². The van der Waals surface area contributed by atoms with Crippen molar-refractivity contribution in [1.29, 1.82) is 0 Å². The Morgan fingerprint density at radius 1 is 1.13 bits per heavy atom. The largest absolute Gasteiger partial charge is 0.415 e. The lowest BCUT2D eigenvalue weighted by molar-refractivity contribution is -0.256. The summed E-state index contributed by atoms with van der Waals surface area (Å²) in [5.41, 5.74) is -0.248. The number of hydrogen-bond acceptors (Lipinski definition) is 2. The van der Waals surface area contributed by atoms with Gasteiger partial charge < -0.3 is 4.74 Å². The van der Waals surface area contributed by atoms with Crippen LogP contribution in [-0.4, -0.2) is 41.9 Å². The average molecular weight is 225 g/mol. The third-order valence-electron chi connectivity index (χ3n) is 2.57. The molecule has 2 nitrogen and oxygen atoms in total. The van der Waals surface area contributed by atoms with Crippen LogP contribution in [-0.2, 0) is 4.74 Å². The second-order valence-electron chi connectivity index (χ2n) is 5.05. The van der Waals surface area contributed by atoms with Crippen LogP contribution < -0.4 is 0 Å². The van der Waals surface area contributed by atoms with Gasteiger partial charge >= 0.3 is 6.18 Å². The number of ether oxygens (including phenoxy) is 1. The van der Waals surface area contributed by atoms with Crippen molar-refractivity contribution in [3.05, 3.63) is 0 Å². The van der Waals surface area contributed by atoms with Crippen LogP contribution in [0.1, 0.15) is 27.7 Å². The molecular formula is C10H18F3NO. The first-order valence-corrected chi connectivity index (χ1v) is 5.08. The molecule has 0 saturated carbocycles. The fourth-order valence-electron chi connectivity index (χ4n) is 1.68. The highest BCUT2D eigenvalue weighted by molar-refractivity contribution is 4.87. The number of nitrogens with zero attached hydrogens (tertiary/aromatic N) is 1. The van der Waals surface area contributed by atoms with Gasteiger partial charge in [-0.05, 0) is 27.7 Å². The number of alkyl halides is 3. The Morgan fingerprint density at radius 2 is 1.67 bits per heavy atom. The van der Waals surface area contributed by atoms with Crippen molar-refractivity contribution in [2.24, 2.45) is 0 Å². The van der Waals surface area contributed by atoms with Gasteiger partial charge in [-0.3, -0.25) is 4.90 Å². The standard InChI is InChI=1S/C10H18F3NO/c1-7-5-14(9(2,3)4)6-8(15-7)10(11,12)13/h7-8H,5-6H2,1-4H3/t7-,8+/m1/s1. The molecular weight excluding hydrogens is 207 g/mol. The summed E-state index contributed by atoms with van der Waals surface area (Å²) in [5, 5.41) is 0. The van der Waals surface area contributed by atoms with Crippen LogP contribution in [0.4, 0.5) is 13.2 Å². The van der Waals surface area contributed by atoms with Crippen LogP contribution in [0.2, 0.25) is 0 Å². The number of hydrogen-bond donors (Lipinski definition) is 0. The summed E-state index contributed by atoms with van der Waals surface area (Å²) < 4.78 is 42.5. The minimum Gasteiger partial charge on any atom is -0.363 e. The normalized spacial score (nSPS) is 30.6.